The SMILES string of the molecule is CCOC(=O)C(O)c1cc(OC)c(F)cc1F. The minimum atomic E-state index is -1.80. The second-order valence-electron chi connectivity index (χ2n) is 3.16. The molecule has 1 atom stereocenters. The number of carbonyl (C=O) groups is 1. The van der Waals surface area contributed by atoms with Crippen molar-refractivity contribution >= 4 is 5.97 Å². The number of carbonyl (C=O) groups excluding carboxylic acids is 1. The van der Waals surface area contributed by atoms with Crippen molar-refractivity contribution in [3.63, 3.8) is 0 Å². The first-order chi connectivity index (χ1) is 8.01. The third kappa shape index (κ3) is 2.91. The minimum absolute atomic E-state index is 0.0514. The zero-order chi connectivity index (χ0) is 13.0. The van der Waals surface area contributed by atoms with Gasteiger partial charge in [0.1, 0.15) is 5.82 Å². The molecule has 0 saturated carbocycles. The van der Waals surface area contributed by atoms with Gasteiger partial charge in [-0.25, -0.2) is 13.6 Å². The Bertz CT molecular complexity index is 420. The Kier molecular flexibility index (Phi) is 4.39. The average molecular weight is 246 g/mol. The Morgan fingerprint density at radius 3 is 2.59 bits per heavy atom. The molecule has 94 valence electrons. The van der Waals surface area contributed by atoms with Crippen molar-refractivity contribution in [2.45, 2.75) is 13.0 Å². The highest BCUT2D eigenvalue weighted by Crippen LogP contribution is 2.26. The summed E-state index contributed by atoms with van der Waals surface area (Å²) in [5.74, 6) is -3.21. The molecular formula is C11H12F2O4. The van der Waals surface area contributed by atoms with Crippen molar-refractivity contribution in [1.82, 2.24) is 0 Å². The van der Waals surface area contributed by atoms with Gasteiger partial charge in [0, 0.05) is 11.6 Å². The number of esters is 1. The number of halogens is 2. The lowest BCUT2D eigenvalue weighted by Crippen LogP contribution is -2.17. The molecule has 0 aliphatic rings. The summed E-state index contributed by atoms with van der Waals surface area (Å²) >= 11 is 0. The second-order valence-corrected chi connectivity index (χ2v) is 3.16. The van der Waals surface area contributed by atoms with Crippen LogP contribution in [0.5, 0.6) is 5.75 Å². The topological polar surface area (TPSA) is 55.8 Å². The lowest BCUT2D eigenvalue weighted by Gasteiger charge is -2.12. The van der Waals surface area contributed by atoms with Crippen LogP contribution in [0.2, 0.25) is 0 Å². The van der Waals surface area contributed by atoms with E-state index in [4.69, 9.17) is 0 Å². The Morgan fingerprint density at radius 1 is 1.41 bits per heavy atom. The van der Waals surface area contributed by atoms with Gasteiger partial charge in [-0.2, -0.15) is 0 Å². The fourth-order valence-electron chi connectivity index (χ4n) is 1.26. The minimum Gasteiger partial charge on any atom is -0.494 e. The van der Waals surface area contributed by atoms with Gasteiger partial charge in [-0.3, -0.25) is 0 Å². The maximum absolute atomic E-state index is 13.4. The molecule has 0 bridgehead atoms. The van der Waals surface area contributed by atoms with Gasteiger partial charge in [0.15, 0.2) is 17.7 Å². The summed E-state index contributed by atoms with van der Waals surface area (Å²) in [5.41, 5.74) is -0.387. The van der Waals surface area contributed by atoms with Crippen LogP contribution in [-0.2, 0) is 9.53 Å². The van der Waals surface area contributed by atoms with E-state index in [-0.39, 0.29) is 17.9 Å². The molecule has 0 aromatic heterocycles. The van der Waals surface area contributed by atoms with E-state index in [1.54, 1.807) is 6.92 Å². The highest BCUT2D eigenvalue weighted by Gasteiger charge is 2.24. The zero-order valence-corrected chi connectivity index (χ0v) is 9.37. The Hall–Kier alpha value is -1.69. The Balaban J connectivity index is 3.08. The first kappa shape index (κ1) is 13.4. The number of hydrogen-bond donors (Lipinski definition) is 1. The van der Waals surface area contributed by atoms with E-state index in [1.165, 1.54) is 7.11 Å². The number of ether oxygens (including phenoxy) is 2. The molecule has 1 N–H and O–H groups in total. The summed E-state index contributed by atoms with van der Waals surface area (Å²) in [5, 5.41) is 9.52. The standard InChI is InChI=1S/C11H12F2O4/c1-3-17-11(15)10(14)6-4-9(16-2)8(13)5-7(6)12/h4-5,10,14H,3H2,1-2H3. The highest BCUT2D eigenvalue weighted by molar-refractivity contribution is 5.76. The molecule has 0 fully saturated rings. The largest absolute Gasteiger partial charge is 0.494 e. The van der Waals surface area contributed by atoms with Crippen LogP contribution in [0.1, 0.15) is 18.6 Å². The summed E-state index contributed by atoms with van der Waals surface area (Å²) < 4.78 is 35.6. The fourth-order valence-corrected chi connectivity index (χ4v) is 1.26. The third-order valence-electron chi connectivity index (χ3n) is 2.08. The number of hydrogen-bond acceptors (Lipinski definition) is 4. The Morgan fingerprint density at radius 2 is 2.06 bits per heavy atom. The quantitative estimate of drug-likeness (QED) is 0.819. The van der Waals surface area contributed by atoms with E-state index in [2.05, 4.69) is 9.47 Å². The van der Waals surface area contributed by atoms with Gasteiger partial charge in [0.2, 0.25) is 0 Å². The molecule has 6 heteroatoms. The van der Waals surface area contributed by atoms with E-state index in [0.29, 0.717) is 6.07 Å². The number of aliphatic hydroxyl groups is 1. The van der Waals surface area contributed by atoms with E-state index >= 15 is 0 Å². The van der Waals surface area contributed by atoms with Crippen LogP contribution in [-0.4, -0.2) is 24.8 Å². The molecule has 0 aliphatic carbocycles. The summed E-state index contributed by atoms with van der Waals surface area (Å²) in [7, 11) is 1.19. The number of rotatable bonds is 4. The van der Waals surface area contributed by atoms with Gasteiger partial charge in [-0.15, -0.1) is 0 Å². The first-order valence-electron chi connectivity index (χ1n) is 4.88. The van der Waals surface area contributed by atoms with Crippen LogP contribution in [0.25, 0.3) is 0 Å². The van der Waals surface area contributed by atoms with Crippen molar-refractivity contribution in [1.29, 1.82) is 0 Å². The van der Waals surface area contributed by atoms with Gasteiger partial charge in [0.25, 0.3) is 0 Å². The van der Waals surface area contributed by atoms with Crippen LogP contribution >= 0.6 is 0 Å². The molecule has 1 aromatic carbocycles. The lowest BCUT2D eigenvalue weighted by atomic mass is 10.1. The molecule has 0 radical (unpaired) electrons. The number of aliphatic hydroxyl groups excluding tert-OH is 1. The molecule has 0 spiro atoms. The van der Waals surface area contributed by atoms with Gasteiger partial charge in [-0.1, -0.05) is 0 Å². The molecule has 0 aliphatic heterocycles. The van der Waals surface area contributed by atoms with E-state index in [1.807, 2.05) is 0 Å². The van der Waals surface area contributed by atoms with Crippen LogP contribution in [0, 0.1) is 11.6 Å². The summed E-state index contributed by atoms with van der Waals surface area (Å²) in [4.78, 5) is 11.2. The molecule has 4 nitrogen and oxygen atoms in total. The number of methoxy groups -OCH3 is 1. The third-order valence-corrected chi connectivity index (χ3v) is 2.08. The summed E-state index contributed by atoms with van der Waals surface area (Å²) in [6.45, 7) is 1.60. The monoisotopic (exact) mass is 246 g/mol. The fraction of sp³-hybridized carbons (Fsp3) is 0.364. The molecule has 1 rings (SSSR count). The predicted molar refractivity (Wildman–Crippen MR) is 54.5 cm³/mol. The molecule has 0 heterocycles. The van der Waals surface area contributed by atoms with Crippen molar-refractivity contribution in [2.75, 3.05) is 13.7 Å². The maximum atomic E-state index is 13.4. The number of benzene rings is 1. The van der Waals surface area contributed by atoms with Crippen molar-refractivity contribution in [3.8, 4) is 5.75 Å². The van der Waals surface area contributed by atoms with Gasteiger partial charge in [-0.05, 0) is 13.0 Å². The highest BCUT2D eigenvalue weighted by atomic mass is 19.1. The van der Waals surface area contributed by atoms with Gasteiger partial charge >= 0.3 is 5.97 Å². The summed E-state index contributed by atoms with van der Waals surface area (Å²) in [6.07, 6.45) is -1.80. The Labute approximate surface area is 96.8 Å². The maximum Gasteiger partial charge on any atom is 0.339 e. The van der Waals surface area contributed by atoms with Crippen molar-refractivity contribution < 1.29 is 28.2 Å². The van der Waals surface area contributed by atoms with Crippen LogP contribution in [0.3, 0.4) is 0 Å². The average Bonchev–Trinajstić information content (AvgIpc) is 2.29. The van der Waals surface area contributed by atoms with E-state index in [9.17, 15) is 18.7 Å². The van der Waals surface area contributed by atoms with Gasteiger partial charge in [0.05, 0.1) is 13.7 Å². The molecular weight excluding hydrogens is 234 g/mol. The molecule has 0 amide bonds. The zero-order valence-electron chi connectivity index (χ0n) is 9.37. The van der Waals surface area contributed by atoms with Crippen molar-refractivity contribution in [2.24, 2.45) is 0 Å². The lowest BCUT2D eigenvalue weighted by molar-refractivity contribution is -0.153. The predicted octanol–water partition coefficient (Wildman–Crippen LogP) is 1.57. The molecule has 0 saturated heterocycles. The molecule has 1 aromatic rings. The van der Waals surface area contributed by atoms with E-state index in [0.717, 1.165) is 6.07 Å². The summed E-state index contributed by atoms with van der Waals surface area (Å²) in [6, 6.07) is 1.46. The molecule has 1 unspecified atom stereocenters. The van der Waals surface area contributed by atoms with Crippen LogP contribution < -0.4 is 4.74 Å². The smallest absolute Gasteiger partial charge is 0.339 e. The normalized spacial score (nSPS) is 12.1. The first-order valence-corrected chi connectivity index (χ1v) is 4.88. The molecule has 17 heavy (non-hydrogen) atoms. The van der Waals surface area contributed by atoms with Gasteiger partial charge < -0.3 is 14.6 Å². The second kappa shape index (κ2) is 5.58. The van der Waals surface area contributed by atoms with Crippen LogP contribution in [0.15, 0.2) is 12.1 Å². The van der Waals surface area contributed by atoms with Crippen molar-refractivity contribution in [3.05, 3.63) is 29.3 Å². The van der Waals surface area contributed by atoms with E-state index < -0.39 is 23.7 Å². The van der Waals surface area contributed by atoms with Crippen LogP contribution in [0.4, 0.5) is 8.78 Å².